The average molecular weight is 313 g/mol. The number of halogens is 2. The molecule has 0 N–H and O–H groups in total. The summed E-state index contributed by atoms with van der Waals surface area (Å²) in [5.74, 6) is 0.866. The maximum Gasteiger partial charge on any atom is 0.152 e. The van der Waals surface area contributed by atoms with Crippen molar-refractivity contribution in [1.82, 2.24) is 14.5 Å². The summed E-state index contributed by atoms with van der Waals surface area (Å²) in [4.78, 5) is 8.84. The summed E-state index contributed by atoms with van der Waals surface area (Å²) in [7, 11) is 0. The molecule has 0 amide bonds. The molecule has 0 atom stereocenters. The summed E-state index contributed by atoms with van der Waals surface area (Å²) in [5, 5.41) is 0.634. The molecule has 0 aliphatic heterocycles. The summed E-state index contributed by atoms with van der Waals surface area (Å²) in [6.45, 7) is 0. The topological polar surface area (TPSA) is 30.7 Å². The van der Waals surface area contributed by atoms with Gasteiger partial charge in [-0.1, -0.05) is 11.6 Å². The Morgan fingerprint density at radius 1 is 1.24 bits per heavy atom. The van der Waals surface area contributed by atoms with Crippen molar-refractivity contribution >= 4 is 27.5 Å². The molecule has 3 nitrogen and oxygen atoms in total. The SMILES string of the molecule is Clc1cnc(-n2cnc3c2CCCC3)c(Br)c1. The van der Waals surface area contributed by atoms with Crippen LogP contribution < -0.4 is 0 Å². The van der Waals surface area contributed by atoms with Gasteiger partial charge < -0.3 is 0 Å². The summed E-state index contributed by atoms with van der Waals surface area (Å²) in [5.41, 5.74) is 2.49. The largest absolute Gasteiger partial charge is 0.286 e. The van der Waals surface area contributed by atoms with Gasteiger partial charge in [0.1, 0.15) is 6.33 Å². The van der Waals surface area contributed by atoms with Crippen LogP contribution >= 0.6 is 27.5 Å². The minimum absolute atomic E-state index is 0.634. The van der Waals surface area contributed by atoms with Crippen LogP contribution in [0.25, 0.3) is 5.82 Å². The zero-order valence-corrected chi connectivity index (χ0v) is 11.5. The van der Waals surface area contributed by atoms with Gasteiger partial charge in [-0.3, -0.25) is 4.57 Å². The average Bonchev–Trinajstić information content (AvgIpc) is 2.73. The van der Waals surface area contributed by atoms with Gasteiger partial charge >= 0.3 is 0 Å². The first-order chi connectivity index (χ1) is 8.25. The van der Waals surface area contributed by atoms with Gasteiger partial charge in [0.15, 0.2) is 5.82 Å². The van der Waals surface area contributed by atoms with Gasteiger partial charge in [0, 0.05) is 11.9 Å². The van der Waals surface area contributed by atoms with Crippen LogP contribution in [0.5, 0.6) is 0 Å². The summed E-state index contributed by atoms with van der Waals surface area (Å²) < 4.78 is 2.96. The fourth-order valence-corrected chi connectivity index (χ4v) is 3.07. The third-order valence-electron chi connectivity index (χ3n) is 3.05. The molecule has 3 rings (SSSR count). The predicted octanol–water partition coefficient (Wildman–Crippen LogP) is 3.56. The molecule has 88 valence electrons. The molecule has 5 heteroatoms. The Bertz CT molecular complexity index is 565. The number of fused-ring (bicyclic) bond motifs is 1. The third-order valence-corrected chi connectivity index (χ3v) is 3.84. The number of aromatic nitrogens is 3. The number of aryl methyl sites for hydroxylation is 1. The molecule has 0 saturated carbocycles. The zero-order chi connectivity index (χ0) is 11.8. The molecule has 0 unspecified atom stereocenters. The van der Waals surface area contributed by atoms with Gasteiger partial charge in [0.2, 0.25) is 0 Å². The minimum atomic E-state index is 0.634. The lowest BCUT2D eigenvalue weighted by Gasteiger charge is -2.14. The van der Waals surface area contributed by atoms with Crippen molar-refractivity contribution < 1.29 is 0 Å². The molecule has 2 heterocycles. The van der Waals surface area contributed by atoms with Gasteiger partial charge in [-0.15, -0.1) is 0 Å². The fourth-order valence-electron chi connectivity index (χ4n) is 2.24. The van der Waals surface area contributed by atoms with Crippen LogP contribution in [0.4, 0.5) is 0 Å². The molecule has 1 aliphatic carbocycles. The predicted molar refractivity (Wildman–Crippen MR) is 70.7 cm³/mol. The van der Waals surface area contributed by atoms with E-state index in [0.717, 1.165) is 23.1 Å². The first-order valence-electron chi connectivity index (χ1n) is 5.62. The summed E-state index contributed by atoms with van der Waals surface area (Å²) in [6, 6.07) is 1.86. The monoisotopic (exact) mass is 311 g/mol. The number of imidazole rings is 1. The highest BCUT2D eigenvalue weighted by Crippen LogP contribution is 2.27. The van der Waals surface area contributed by atoms with Crippen LogP contribution in [0.1, 0.15) is 24.2 Å². The van der Waals surface area contributed by atoms with Gasteiger partial charge in [0.05, 0.1) is 15.2 Å². The van der Waals surface area contributed by atoms with Crippen LogP contribution in [0.3, 0.4) is 0 Å². The Labute approximate surface area is 113 Å². The first kappa shape index (κ1) is 11.2. The van der Waals surface area contributed by atoms with E-state index in [2.05, 4.69) is 30.5 Å². The Kier molecular flexibility index (Phi) is 2.92. The van der Waals surface area contributed by atoms with E-state index in [0.29, 0.717) is 5.02 Å². The molecule has 0 aromatic carbocycles. The van der Waals surface area contributed by atoms with E-state index in [9.17, 15) is 0 Å². The highest BCUT2D eigenvalue weighted by atomic mass is 79.9. The van der Waals surface area contributed by atoms with E-state index in [-0.39, 0.29) is 0 Å². The lowest BCUT2D eigenvalue weighted by atomic mass is 10.0. The van der Waals surface area contributed by atoms with Gasteiger partial charge in [-0.25, -0.2) is 9.97 Å². The van der Waals surface area contributed by atoms with Crippen LogP contribution in [0, 0.1) is 0 Å². The van der Waals surface area contributed by atoms with Crippen molar-refractivity contribution in [2.45, 2.75) is 25.7 Å². The Balaban J connectivity index is 2.12. The van der Waals surface area contributed by atoms with E-state index in [4.69, 9.17) is 11.6 Å². The summed E-state index contributed by atoms with van der Waals surface area (Å²) >= 11 is 9.41. The molecular formula is C12H11BrClN3. The van der Waals surface area contributed by atoms with E-state index in [1.54, 1.807) is 6.20 Å². The second kappa shape index (κ2) is 4.42. The minimum Gasteiger partial charge on any atom is -0.286 e. The second-order valence-corrected chi connectivity index (χ2v) is 5.46. The highest BCUT2D eigenvalue weighted by molar-refractivity contribution is 9.10. The van der Waals surface area contributed by atoms with E-state index < -0.39 is 0 Å². The van der Waals surface area contributed by atoms with E-state index in [1.807, 2.05) is 12.4 Å². The lowest BCUT2D eigenvalue weighted by molar-refractivity contribution is 0.654. The number of rotatable bonds is 1. The quantitative estimate of drug-likeness (QED) is 0.806. The molecule has 0 radical (unpaired) electrons. The van der Waals surface area contributed by atoms with Crippen molar-refractivity contribution in [3.05, 3.63) is 39.5 Å². The van der Waals surface area contributed by atoms with Crippen LogP contribution in [-0.4, -0.2) is 14.5 Å². The smallest absolute Gasteiger partial charge is 0.152 e. The molecule has 2 aromatic rings. The standard InChI is InChI=1S/C12H11BrClN3/c13-9-5-8(14)6-15-12(9)17-7-16-10-3-1-2-4-11(10)17/h5-7H,1-4H2. The third kappa shape index (κ3) is 2.00. The number of pyridine rings is 1. The van der Waals surface area contributed by atoms with Crippen molar-refractivity contribution in [2.24, 2.45) is 0 Å². The normalized spacial score (nSPS) is 14.7. The van der Waals surface area contributed by atoms with Crippen molar-refractivity contribution in [3.8, 4) is 5.82 Å². The molecule has 0 spiro atoms. The first-order valence-corrected chi connectivity index (χ1v) is 6.79. The molecular weight excluding hydrogens is 302 g/mol. The summed E-state index contributed by atoms with van der Waals surface area (Å²) in [6.07, 6.45) is 8.14. The molecule has 0 fully saturated rings. The van der Waals surface area contributed by atoms with Gasteiger partial charge in [-0.2, -0.15) is 0 Å². The second-order valence-electron chi connectivity index (χ2n) is 4.17. The number of nitrogens with zero attached hydrogens (tertiary/aromatic N) is 3. The lowest BCUT2D eigenvalue weighted by Crippen LogP contribution is -2.08. The van der Waals surface area contributed by atoms with Crippen LogP contribution in [0.2, 0.25) is 5.02 Å². The van der Waals surface area contributed by atoms with E-state index >= 15 is 0 Å². The molecule has 2 aromatic heterocycles. The maximum atomic E-state index is 5.90. The van der Waals surface area contributed by atoms with Crippen molar-refractivity contribution in [3.63, 3.8) is 0 Å². The van der Waals surface area contributed by atoms with Gasteiger partial charge in [-0.05, 0) is 47.7 Å². The van der Waals surface area contributed by atoms with Gasteiger partial charge in [0.25, 0.3) is 0 Å². The fraction of sp³-hybridized carbons (Fsp3) is 0.333. The molecule has 1 aliphatic rings. The highest BCUT2D eigenvalue weighted by Gasteiger charge is 2.17. The van der Waals surface area contributed by atoms with Crippen LogP contribution in [-0.2, 0) is 12.8 Å². The van der Waals surface area contributed by atoms with Crippen molar-refractivity contribution in [2.75, 3.05) is 0 Å². The molecule has 0 bridgehead atoms. The zero-order valence-electron chi connectivity index (χ0n) is 9.16. The Morgan fingerprint density at radius 3 is 2.88 bits per heavy atom. The maximum absolute atomic E-state index is 5.90. The Hall–Kier alpha value is -0.870. The van der Waals surface area contributed by atoms with Crippen molar-refractivity contribution in [1.29, 1.82) is 0 Å². The van der Waals surface area contributed by atoms with E-state index in [1.165, 1.54) is 24.2 Å². The molecule has 0 saturated heterocycles. The van der Waals surface area contributed by atoms with Crippen LogP contribution in [0.15, 0.2) is 23.1 Å². The molecule has 17 heavy (non-hydrogen) atoms. The Morgan fingerprint density at radius 2 is 2.06 bits per heavy atom. The number of hydrogen-bond donors (Lipinski definition) is 0. The number of hydrogen-bond acceptors (Lipinski definition) is 2.